The zero-order valence-electron chi connectivity index (χ0n) is 11.8. The summed E-state index contributed by atoms with van der Waals surface area (Å²) in [7, 11) is 0. The van der Waals surface area contributed by atoms with Gasteiger partial charge in [-0.05, 0) is 12.8 Å². The van der Waals surface area contributed by atoms with Gasteiger partial charge in [-0.3, -0.25) is 9.59 Å². The molecule has 0 aromatic rings. The number of esters is 2. The second kappa shape index (κ2) is 17.5. The van der Waals surface area contributed by atoms with Crippen molar-refractivity contribution in [3.63, 3.8) is 0 Å². The van der Waals surface area contributed by atoms with Crippen molar-refractivity contribution in [2.24, 2.45) is 0 Å². The molecule has 0 amide bonds. The van der Waals surface area contributed by atoms with Crippen molar-refractivity contribution >= 4 is 35.1 Å². The number of unbranched alkanes of at least 4 members (excludes halogenated alkanes) is 1. The Morgan fingerprint density at radius 1 is 0.842 bits per heavy atom. The largest absolute Gasteiger partial charge is 0.465 e. The lowest BCUT2D eigenvalue weighted by Crippen LogP contribution is -2.15. The van der Waals surface area contributed by atoms with E-state index in [2.05, 4.69) is 13.8 Å². The van der Waals surface area contributed by atoms with Gasteiger partial charge in [-0.1, -0.05) is 26.7 Å². The highest BCUT2D eigenvalue weighted by Crippen LogP contribution is 1.95. The Kier molecular flexibility index (Phi) is 19.2. The van der Waals surface area contributed by atoms with Crippen LogP contribution in [0.2, 0.25) is 0 Å². The fraction of sp³-hybridized carbons (Fsp3) is 0.846. The lowest BCUT2D eigenvalue weighted by molar-refractivity contribution is -0.154. The smallest absolute Gasteiger partial charge is 0.317 e. The van der Waals surface area contributed by atoms with E-state index in [0.717, 1.165) is 0 Å². The van der Waals surface area contributed by atoms with Gasteiger partial charge in [0.25, 0.3) is 0 Å². The molecule has 0 aliphatic carbocycles. The standard InChI is InChI=1S/C9H14Cl2O4.C4H10/c10-3-1-5-14-8(12)7-9(13)15-6-2-4-11;1-3-4-2/h1-7H2;3-4H2,1-2H3. The molecule has 0 radical (unpaired) electrons. The minimum atomic E-state index is -0.587. The molecule has 0 unspecified atom stereocenters. The number of hydrogen-bond donors (Lipinski definition) is 0. The molecule has 0 saturated carbocycles. The first-order valence-corrected chi connectivity index (χ1v) is 7.62. The third kappa shape index (κ3) is 20.0. The second-order valence-electron chi connectivity index (χ2n) is 3.70. The minimum Gasteiger partial charge on any atom is -0.465 e. The van der Waals surface area contributed by atoms with Crippen molar-refractivity contribution in [2.45, 2.75) is 46.0 Å². The zero-order chi connectivity index (χ0) is 14.9. The van der Waals surface area contributed by atoms with Crippen LogP contribution in [-0.2, 0) is 19.1 Å². The quantitative estimate of drug-likeness (QED) is 0.283. The molecule has 114 valence electrons. The Hall–Kier alpha value is -0.480. The molecule has 0 aromatic heterocycles. The van der Waals surface area contributed by atoms with Crippen molar-refractivity contribution in [3.05, 3.63) is 0 Å². The van der Waals surface area contributed by atoms with E-state index in [1.54, 1.807) is 0 Å². The maximum Gasteiger partial charge on any atom is 0.317 e. The fourth-order valence-corrected chi connectivity index (χ4v) is 0.919. The van der Waals surface area contributed by atoms with Crippen LogP contribution in [0.5, 0.6) is 0 Å². The van der Waals surface area contributed by atoms with E-state index in [0.29, 0.717) is 24.6 Å². The van der Waals surface area contributed by atoms with E-state index in [4.69, 9.17) is 32.7 Å². The molecule has 0 bridgehead atoms. The average Bonchev–Trinajstić information content (AvgIpc) is 2.39. The van der Waals surface area contributed by atoms with Gasteiger partial charge in [-0.2, -0.15) is 0 Å². The van der Waals surface area contributed by atoms with Crippen molar-refractivity contribution in [2.75, 3.05) is 25.0 Å². The van der Waals surface area contributed by atoms with Crippen LogP contribution in [-0.4, -0.2) is 36.9 Å². The van der Waals surface area contributed by atoms with Crippen molar-refractivity contribution in [1.29, 1.82) is 0 Å². The first-order valence-electron chi connectivity index (χ1n) is 6.55. The number of carbonyl (C=O) groups excluding carboxylic acids is 2. The van der Waals surface area contributed by atoms with E-state index in [1.165, 1.54) is 12.8 Å². The zero-order valence-corrected chi connectivity index (χ0v) is 13.3. The molecule has 19 heavy (non-hydrogen) atoms. The van der Waals surface area contributed by atoms with Gasteiger partial charge in [0.2, 0.25) is 0 Å². The third-order valence-electron chi connectivity index (χ3n) is 1.87. The number of halogens is 2. The molecular formula is C13H24Cl2O4. The Balaban J connectivity index is 0. The molecule has 6 heteroatoms. The fourth-order valence-electron chi connectivity index (χ4n) is 0.701. The minimum absolute atomic E-state index is 0.233. The summed E-state index contributed by atoms with van der Waals surface area (Å²) in [5.41, 5.74) is 0. The number of ether oxygens (including phenoxy) is 2. The van der Waals surface area contributed by atoms with E-state index < -0.39 is 11.9 Å². The predicted molar refractivity (Wildman–Crippen MR) is 77.8 cm³/mol. The van der Waals surface area contributed by atoms with E-state index >= 15 is 0 Å². The Labute approximate surface area is 125 Å². The molecule has 0 heterocycles. The molecule has 0 atom stereocenters. The lowest BCUT2D eigenvalue weighted by Gasteiger charge is -2.04. The number of rotatable bonds is 9. The first-order chi connectivity index (χ1) is 9.12. The van der Waals surface area contributed by atoms with Gasteiger partial charge in [-0.25, -0.2) is 0 Å². The topological polar surface area (TPSA) is 52.6 Å². The van der Waals surface area contributed by atoms with Crippen LogP contribution in [0, 0.1) is 0 Å². The lowest BCUT2D eigenvalue weighted by atomic mass is 10.4. The summed E-state index contributed by atoms with van der Waals surface area (Å²) in [4.78, 5) is 21.9. The van der Waals surface area contributed by atoms with Gasteiger partial charge >= 0.3 is 11.9 Å². The maximum absolute atomic E-state index is 11.0. The monoisotopic (exact) mass is 314 g/mol. The van der Waals surface area contributed by atoms with Gasteiger partial charge in [0.1, 0.15) is 6.42 Å². The summed E-state index contributed by atoms with van der Waals surface area (Å²) in [6.45, 7) is 4.83. The number of hydrogen-bond acceptors (Lipinski definition) is 4. The normalized spacial score (nSPS) is 9.26. The van der Waals surface area contributed by atoms with Crippen LogP contribution in [0.4, 0.5) is 0 Å². The predicted octanol–water partition coefficient (Wildman–Crippen LogP) is 3.53. The van der Waals surface area contributed by atoms with Crippen LogP contribution in [0.1, 0.15) is 46.0 Å². The van der Waals surface area contributed by atoms with Gasteiger partial charge in [0.15, 0.2) is 0 Å². The van der Waals surface area contributed by atoms with Crippen LogP contribution in [0.25, 0.3) is 0 Å². The highest BCUT2D eigenvalue weighted by molar-refractivity contribution is 6.18. The van der Waals surface area contributed by atoms with Crippen molar-refractivity contribution < 1.29 is 19.1 Å². The van der Waals surface area contributed by atoms with Crippen LogP contribution in [0.3, 0.4) is 0 Å². The Bertz CT molecular complexity index is 201. The average molecular weight is 315 g/mol. The molecule has 0 rings (SSSR count). The van der Waals surface area contributed by atoms with Gasteiger partial charge in [0.05, 0.1) is 13.2 Å². The molecule has 0 N–H and O–H groups in total. The van der Waals surface area contributed by atoms with Crippen LogP contribution in [0.15, 0.2) is 0 Å². The summed E-state index contributed by atoms with van der Waals surface area (Å²) >= 11 is 10.8. The summed E-state index contributed by atoms with van der Waals surface area (Å²) in [5, 5.41) is 0. The first kappa shape index (κ1) is 20.8. The van der Waals surface area contributed by atoms with Crippen molar-refractivity contribution in [3.8, 4) is 0 Å². The third-order valence-corrected chi connectivity index (χ3v) is 2.41. The van der Waals surface area contributed by atoms with E-state index in [1.807, 2.05) is 0 Å². The van der Waals surface area contributed by atoms with Gasteiger partial charge in [-0.15, -0.1) is 23.2 Å². The van der Waals surface area contributed by atoms with Gasteiger partial charge in [0, 0.05) is 11.8 Å². The van der Waals surface area contributed by atoms with Gasteiger partial charge < -0.3 is 9.47 Å². The summed E-state index contributed by atoms with van der Waals surface area (Å²) in [5.74, 6) is -0.326. The Morgan fingerprint density at radius 2 is 1.21 bits per heavy atom. The van der Waals surface area contributed by atoms with Crippen molar-refractivity contribution in [1.82, 2.24) is 0 Å². The SMILES string of the molecule is CCCC.O=C(CC(=O)OCCCCl)OCCCCl. The Morgan fingerprint density at radius 3 is 1.47 bits per heavy atom. The summed E-state index contributed by atoms with van der Waals surface area (Å²) in [6, 6.07) is 0. The van der Waals surface area contributed by atoms with Crippen LogP contribution < -0.4 is 0 Å². The van der Waals surface area contributed by atoms with Crippen LogP contribution >= 0.6 is 23.2 Å². The molecule has 0 spiro atoms. The molecule has 0 saturated heterocycles. The van der Waals surface area contributed by atoms with E-state index in [-0.39, 0.29) is 19.6 Å². The molecule has 0 aromatic carbocycles. The number of carbonyl (C=O) groups is 2. The maximum atomic E-state index is 11.0. The molecule has 0 aliphatic heterocycles. The van der Waals surface area contributed by atoms with E-state index in [9.17, 15) is 9.59 Å². The number of alkyl halides is 2. The molecule has 0 fully saturated rings. The highest BCUT2D eigenvalue weighted by Gasteiger charge is 2.11. The highest BCUT2D eigenvalue weighted by atomic mass is 35.5. The summed E-state index contributed by atoms with van der Waals surface area (Å²) < 4.78 is 9.42. The molecular weight excluding hydrogens is 291 g/mol. The summed E-state index contributed by atoms with van der Waals surface area (Å²) in [6.07, 6.45) is 3.44. The molecule has 4 nitrogen and oxygen atoms in total. The molecule has 0 aliphatic rings. The second-order valence-corrected chi connectivity index (χ2v) is 4.46.